The Morgan fingerprint density at radius 1 is 1.56 bits per heavy atom. The van der Waals surface area contributed by atoms with Crippen LogP contribution in [0.1, 0.15) is 51.8 Å². The van der Waals surface area contributed by atoms with Gasteiger partial charge in [-0.15, -0.1) is 0 Å². The Morgan fingerprint density at radius 3 is 3.00 bits per heavy atom. The average Bonchev–Trinajstić information content (AvgIpc) is 2.66. The molecule has 0 aromatic carbocycles. The second-order valence-electron chi connectivity index (χ2n) is 5.79. The lowest BCUT2D eigenvalue weighted by molar-refractivity contribution is -0.0688. The van der Waals surface area contributed by atoms with Gasteiger partial charge in [-0.25, -0.2) is 4.98 Å². The van der Waals surface area contributed by atoms with Gasteiger partial charge in [0, 0.05) is 25.4 Å². The van der Waals surface area contributed by atoms with Crippen LogP contribution in [0.25, 0.3) is 0 Å². The zero-order chi connectivity index (χ0) is 13.2. The lowest BCUT2D eigenvalue weighted by Crippen LogP contribution is -2.35. The minimum absolute atomic E-state index is 0.0247. The van der Waals surface area contributed by atoms with Crippen molar-refractivity contribution in [3.63, 3.8) is 0 Å². The van der Waals surface area contributed by atoms with E-state index in [0.717, 1.165) is 44.1 Å². The lowest BCUT2D eigenvalue weighted by atomic mass is 9.94. The molecule has 4 heteroatoms. The van der Waals surface area contributed by atoms with E-state index in [0.29, 0.717) is 6.04 Å². The highest BCUT2D eigenvalue weighted by Gasteiger charge is 2.30. The Kier molecular flexibility index (Phi) is 3.95. The molecule has 2 heterocycles. The van der Waals surface area contributed by atoms with Crippen LogP contribution in [0.3, 0.4) is 0 Å². The number of hydrogen-bond donors (Lipinski definition) is 1. The number of imidazole rings is 1. The second-order valence-corrected chi connectivity index (χ2v) is 5.79. The first-order valence-electron chi connectivity index (χ1n) is 6.95. The molecule has 2 rings (SSSR count). The van der Waals surface area contributed by atoms with Gasteiger partial charge in [-0.3, -0.25) is 0 Å². The Bertz CT molecular complexity index is 398. The number of aryl methyl sites for hydroxylation is 1. The molecular formula is C14H25N3O. The number of nitrogens with one attached hydrogen (secondary N) is 1. The van der Waals surface area contributed by atoms with Crippen molar-refractivity contribution >= 4 is 5.95 Å². The molecule has 1 fully saturated rings. The molecule has 0 aliphatic carbocycles. The summed E-state index contributed by atoms with van der Waals surface area (Å²) in [4.78, 5) is 4.58. The molecule has 1 aliphatic heterocycles. The predicted octanol–water partition coefficient (Wildman–Crippen LogP) is 3.14. The largest absolute Gasteiger partial charge is 0.375 e. The molecule has 4 nitrogen and oxygen atoms in total. The summed E-state index contributed by atoms with van der Waals surface area (Å²) in [5.74, 6) is 1.01. The first-order chi connectivity index (χ1) is 8.52. The van der Waals surface area contributed by atoms with Crippen molar-refractivity contribution in [2.24, 2.45) is 0 Å². The minimum atomic E-state index is -0.0247. The van der Waals surface area contributed by atoms with Crippen LogP contribution in [0.15, 0.2) is 6.20 Å². The van der Waals surface area contributed by atoms with Gasteiger partial charge in [-0.1, -0.05) is 6.92 Å². The van der Waals surface area contributed by atoms with Crippen LogP contribution in [0.2, 0.25) is 0 Å². The molecule has 1 aliphatic rings. The van der Waals surface area contributed by atoms with E-state index in [9.17, 15) is 0 Å². The Morgan fingerprint density at radius 2 is 2.33 bits per heavy atom. The Balaban J connectivity index is 2.16. The zero-order valence-corrected chi connectivity index (χ0v) is 12.0. The minimum Gasteiger partial charge on any atom is -0.375 e. The monoisotopic (exact) mass is 251 g/mol. The number of rotatable bonds is 4. The van der Waals surface area contributed by atoms with E-state index in [-0.39, 0.29) is 5.60 Å². The van der Waals surface area contributed by atoms with Crippen LogP contribution in [0.5, 0.6) is 0 Å². The van der Waals surface area contributed by atoms with Gasteiger partial charge in [0.05, 0.1) is 11.3 Å². The van der Waals surface area contributed by atoms with Crippen LogP contribution >= 0.6 is 0 Å². The Hall–Kier alpha value is -1.03. The average molecular weight is 251 g/mol. The van der Waals surface area contributed by atoms with Gasteiger partial charge < -0.3 is 14.6 Å². The van der Waals surface area contributed by atoms with Gasteiger partial charge in [0.25, 0.3) is 0 Å². The molecule has 1 aromatic rings. The summed E-state index contributed by atoms with van der Waals surface area (Å²) in [7, 11) is 0. The summed E-state index contributed by atoms with van der Waals surface area (Å²) < 4.78 is 8.09. The number of anilines is 1. The summed E-state index contributed by atoms with van der Waals surface area (Å²) in [5.41, 5.74) is 1.06. The quantitative estimate of drug-likeness (QED) is 0.893. The van der Waals surface area contributed by atoms with Crippen molar-refractivity contribution in [1.29, 1.82) is 0 Å². The number of nitrogens with zero attached hydrogens (tertiary/aromatic N) is 2. The standard InChI is InChI=1S/C14H25N3O/c1-5-7-15-13-16-11(2)10-17(13)12-6-8-18-14(3,4)9-12/h10,12H,5-9H2,1-4H3,(H,15,16). The van der Waals surface area contributed by atoms with Gasteiger partial charge in [-0.05, 0) is 40.0 Å². The van der Waals surface area contributed by atoms with Crippen molar-refractivity contribution in [3.05, 3.63) is 11.9 Å². The lowest BCUT2D eigenvalue weighted by Gasteiger charge is -2.36. The van der Waals surface area contributed by atoms with Gasteiger partial charge in [0.15, 0.2) is 0 Å². The van der Waals surface area contributed by atoms with Gasteiger partial charge in [-0.2, -0.15) is 0 Å². The SMILES string of the molecule is CCCNc1nc(C)cn1C1CCOC(C)(C)C1. The third-order valence-corrected chi connectivity index (χ3v) is 3.45. The van der Waals surface area contributed by atoms with Crippen molar-refractivity contribution in [3.8, 4) is 0 Å². The Labute approximate surface area is 110 Å². The topological polar surface area (TPSA) is 39.1 Å². The molecule has 1 N–H and O–H groups in total. The highest BCUT2D eigenvalue weighted by Crippen LogP contribution is 2.33. The highest BCUT2D eigenvalue weighted by atomic mass is 16.5. The molecule has 1 atom stereocenters. The van der Waals surface area contributed by atoms with E-state index >= 15 is 0 Å². The van der Waals surface area contributed by atoms with Crippen LogP contribution in [0, 0.1) is 6.92 Å². The van der Waals surface area contributed by atoms with E-state index < -0.39 is 0 Å². The molecular weight excluding hydrogens is 226 g/mol. The first kappa shape index (κ1) is 13.4. The molecule has 0 amide bonds. The fourth-order valence-electron chi connectivity index (χ4n) is 2.60. The van der Waals surface area contributed by atoms with E-state index in [1.807, 2.05) is 0 Å². The summed E-state index contributed by atoms with van der Waals surface area (Å²) in [6.45, 7) is 10.4. The predicted molar refractivity (Wildman–Crippen MR) is 74.0 cm³/mol. The molecule has 0 bridgehead atoms. The second kappa shape index (κ2) is 5.31. The summed E-state index contributed by atoms with van der Waals surface area (Å²) in [6, 6.07) is 0.495. The molecule has 0 radical (unpaired) electrons. The fraction of sp³-hybridized carbons (Fsp3) is 0.786. The number of aromatic nitrogens is 2. The molecule has 1 saturated heterocycles. The van der Waals surface area contributed by atoms with Crippen molar-refractivity contribution in [1.82, 2.24) is 9.55 Å². The van der Waals surface area contributed by atoms with Crippen molar-refractivity contribution in [2.75, 3.05) is 18.5 Å². The molecule has 102 valence electrons. The van der Waals surface area contributed by atoms with Crippen LogP contribution in [-0.4, -0.2) is 28.3 Å². The molecule has 1 unspecified atom stereocenters. The van der Waals surface area contributed by atoms with E-state index in [4.69, 9.17) is 4.74 Å². The number of ether oxygens (including phenoxy) is 1. The summed E-state index contributed by atoms with van der Waals surface area (Å²) >= 11 is 0. The first-order valence-corrected chi connectivity index (χ1v) is 6.95. The molecule has 0 spiro atoms. The van der Waals surface area contributed by atoms with Gasteiger partial charge in [0.1, 0.15) is 0 Å². The number of hydrogen-bond acceptors (Lipinski definition) is 3. The van der Waals surface area contributed by atoms with Crippen LogP contribution in [0.4, 0.5) is 5.95 Å². The van der Waals surface area contributed by atoms with Crippen LogP contribution < -0.4 is 5.32 Å². The molecule has 0 saturated carbocycles. The normalized spacial score (nSPS) is 23.0. The zero-order valence-electron chi connectivity index (χ0n) is 12.0. The summed E-state index contributed by atoms with van der Waals surface area (Å²) in [6.07, 6.45) is 5.39. The fourth-order valence-corrected chi connectivity index (χ4v) is 2.60. The summed E-state index contributed by atoms with van der Waals surface area (Å²) in [5, 5.41) is 3.42. The molecule has 1 aromatic heterocycles. The van der Waals surface area contributed by atoms with Crippen molar-refractivity contribution < 1.29 is 4.74 Å². The maximum atomic E-state index is 5.79. The molecule has 18 heavy (non-hydrogen) atoms. The van der Waals surface area contributed by atoms with E-state index in [1.165, 1.54) is 0 Å². The van der Waals surface area contributed by atoms with Gasteiger partial charge in [0.2, 0.25) is 5.95 Å². The van der Waals surface area contributed by atoms with Gasteiger partial charge >= 0.3 is 0 Å². The smallest absolute Gasteiger partial charge is 0.203 e. The van der Waals surface area contributed by atoms with E-state index in [2.05, 4.69) is 48.8 Å². The third-order valence-electron chi connectivity index (χ3n) is 3.45. The maximum Gasteiger partial charge on any atom is 0.203 e. The van der Waals surface area contributed by atoms with E-state index in [1.54, 1.807) is 0 Å². The third kappa shape index (κ3) is 3.05. The highest BCUT2D eigenvalue weighted by molar-refractivity contribution is 5.29. The van der Waals surface area contributed by atoms with Crippen molar-refractivity contribution in [2.45, 2.75) is 58.6 Å². The maximum absolute atomic E-state index is 5.79. The van der Waals surface area contributed by atoms with Crippen LogP contribution in [-0.2, 0) is 4.74 Å².